The fourth-order valence-corrected chi connectivity index (χ4v) is 1.77. The van der Waals surface area contributed by atoms with Gasteiger partial charge in [-0.3, -0.25) is 4.79 Å². The highest BCUT2D eigenvalue weighted by Crippen LogP contribution is 2.24. The van der Waals surface area contributed by atoms with E-state index >= 15 is 0 Å². The first-order valence-corrected chi connectivity index (χ1v) is 5.09. The Balaban J connectivity index is 2.44. The average molecular weight is 181 g/mol. The molecule has 2 atom stereocenters. The lowest BCUT2D eigenvalue weighted by molar-refractivity contribution is -0.118. The smallest absolute Gasteiger partial charge is 0.246 e. The highest BCUT2D eigenvalue weighted by molar-refractivity contribution is 5.92. The molecule has 0 heterocycles. The summed E-state index contributed by atoms with van der Waals surface area (Å²) in [4.78, 5) is 11.5. The van der Waals surface area contributed by atoms with Crippen molar-refractivity contribution in [2.75, 3.05) is 0 Å². The van der Waals surface area contributed by atoms with E-state index in [-0.39, 0.29) is 5.91 Å². The zero-order chi connectivity index (χ0) is 9.84. The molecular formula is C11H19NO. The zero-order valence-corrected chi connectivity index (χ0v) is 8.76. The van der Waals surface area contributed by atoms with Crippen LogP contribution in [0, 0.1) is 5.92 Å². The molecule has 0 aliphatic heterocycles. The second kappa shape index (κ2) is 4.45. The standard InChI is InChI=1S/C11H19NO/c1-4-8(2)11(13)12-10-7-5-6-9(10)3/h4,9-10H,5-7H2,1-3H3,(H,12,13)/b8-4-. The second-order valence-corrected chi connectivity index (χ2v) is 3.96. The van der Waals surface area contributed by atoms with Gasteiger partial charge in [0, 0.05) is 11.6 Å². The van der Waals surface area contributed by atoms with Crippen LogP contribution in [0.25, 0.3) is 0 Å². The van der Waals surface area contributed by atoms with E-state index in [2.05, 4.69) is 12.2 Å². The van der Waals surface area contributed by atoms with Crippen molar-refractivity contribution in [3.05, 3.63) is 11.6 Å². The molecule has 2 unspecified atom stereocenters. The molecule has 1 fully saturated rings. The highest BCUT2D eigenvalue weighted by Gasteiger charge is 2.24. The fourth-order valence-electron chi connectivity index (χ4n) is 1.77. The Morgan fingerprint density at radius 1 is 1.46 bits per heavy atom. The lowest BCUT2D eigenvalue weighted by Crippen LogP contribution is -2.36. The van der Waals surface area contributed by atoms with E-state index in [9.17, 15) is 4.79 Å². The van der Waals surface area contributed by atoms with Crippen molar-refractivity contribution in [1.29, 1.82) is 0 Å². The third-order valence-corrected chi connectivity index (χ3v) is 2.97. The van der Waals surface area contributed by atoms with Gasteiger partial charge < -0.3 is 5.32 Å². The van der Waals surface area contributed by atoms with Crippen LogP contribution in [-0.4, -0.2) is 11.9 Å². The van der Waals surface area contributed by atoms with Crippen molar-refractivity contribution in [3.63, 3.8) is 0 Å². The van der Waals surface area contributed by atoms with Crippen molar-refractivity contribution >= 4 is 5.91 Å². The molecule has 0 aromatic rings. The molecule has 1 aliphatic carbocycles. The first-order valence-electron chi connectivity index (χ1n) is 5.09. The van der Waals surface area contributed by atoms with E-state index in [1.165, 1.54) is 12.8 Å². The first kappa shape index (κ1) is 10.3. The highest BCUT2D eigenvalue weighted by atomic mass is 16.1. The first-order chi connectivity index (χ1) is 6.15. The molecule has 0 aromatic heterocycles. The van der Waals surface area contributed by atoms with Crippen LogP contribution in [0.1, 0.15) is 40.0 Å². The Bertz CT molecular complexity index is 220. The Hall–Kier alpha value is -0.790. The van der Waals surface area contributed by atoms with Crippen molar-refractivity contribution in [2.45, 2.75) is 46.1 Å². The molecule has 0 radical (unpaired) electrons. The van der Waals surface area contributed by atoms with Gasteiger partial charge in [-0.1, -0.05) is 19.4 Å². The number of carbonyl (C=O) groups excluding carboxylic acids is 1. The topological polar surface area (TPSA) is 29.1 Å². The zero-order valence-electron chi connectivity index (χ0n) is 8.76. The molecule has 1 N–H and O–H groups in total. The maximum absolute atomic E-state index is 11.5. The number of nitrogens with one attached hydrogen (secondary N) is 1. The predicted molar refractivity (Wildman–Crippen MR) is 54.4 cm³/mol. The summed E-state index contributed by atoms with van der Waals surface area (Å²) in [6.07, 6.45) is 5.50. The van der Waals surface area contributed by atoms with Crippen LogP contribution in [0.4, 0.5) is 0 Å². The summed E-state index contributed by atoms with van der Waals surface area (Å²) in [7, 11) is 0. The monoisotopic (exact) mass is 181 g/mol. The summed E-state index contributed by atoms with van der Waals surface area (Å²) in [5.41, 5.74) is 0.819. The lowest BCUT2D eigenvalue weighted by Gasteiger charge is -2.17. The minimum atomic E-state index is 0.0984. The van der Waals surface area contributed by atoms with Crippen LogP contribution in [0.3, 0.4) is 0 Å². The number of amides is 1. The van der Waals surface area contributed by atoms with E-state index in [0.29, 0.717) is 12.0 Å². The molecule has 1 rings (SSSR count). The Morgan fingerprint density at radius 3 is 2.62 bits per heavy atom. The van der Waals surface area contributed by atoms with Crippen LogP contribution in [0.5, 0.6) is 0 Å². The quantitative estimate of drug-likeness (QED) is 0.650. The molecule has 0 saturated heterocycles. The van der Waals surface area contributed by atoms with Crippen LogP contribution in [-0.2, 0) is 4.79 Å². The summed E-state index contributed by atoms with van der Waals surface area (Å²) < 4.78 is 0. The van der Waals surface area contributed by atoms with Gasteiger partial charge in [-0.2, -0.15) is 0 Å². The Labute approximate surface area is 80.4 Å². The van der Waals surface area contributed by atoms with Gasteiger partial charge in [-0.05, 0) is 32.6 Å². The summed E-state index contributed by atoms with van der Waals surface area (Å²) in [5, 5.41) is 3.07. The van der Waals surface area contributed by atoms with Gasteiger partial charge in [0.25, 0.3) is 0 Å². The maximum atomic E-state index is 11.5. The van der Waals surface area contributed by atoms with Crippen LogP contribution in [0.15, 0.2) is 11.6 Å². The van der Waals surface area contributed by atoms with Gasteiger partial charge in [0.1, 0.15) is 0 Å². The van der Waals surface area contributed by atoms with Crippen molar-refractivity contribution < 1.29 is 4.79 Å². The number of carbonyl (C=O) groups is 1. The molecular weight excluding hydrogens is 162 g/mol. The van der Waals surface area contributed by atoms with Crippen molar-refractivity contribution in [2.24, 2.45) is 5.92 Å². The molecule has 13 heavy (non-hydrogen) atoms. The van der Waals surface area contributed by atoms with E-state index in [0.717, 1.165) is 12.0 Å². The van der Waals surface area contributed by atoms with E-state index in [1.54, 1.807) is 0 Å². The number of hydrogen-bond donors (Lipinski definition) is 1. The SMILES string of the molecule is C/C=C(/C)C(=O)NC1CCCC1C. The van der Waals surface area contributed by atoms with Gasteiger partial charge in [0.15, 0.2) is 0 Å². The molecule has 0 spiro atoms. The summed E-state index contributed by atoms with van der Waals surface area (Å²) in [5.74, 6) is 0.745. The van der Waals surface area contributed by atoms with Crippen LogP contribution >= 0.6 is 0 Å². The Morgan fingerprint density at radius 2 is 2.15 bits per heavy atom. The lowest BCUT2D eigenvalue weighted by atomic mass is 10.1. The normalized spacial score (nSPS) is 29.0. The molecule has 1 aliphatic rings. The average Bonchev–Trinajstić information content (AvgIpc) is 2.50. The van der Waals surface area contributed by atoms with E-state index in [1.807, 2.05) is 19.9 Å². The largest absolute Gasteiger partial charge is 0.349 e. The van der Waals surface area contributed by atoms with Crippen LogP contribution < -0.4 is 5.32 Å². The third-order valence-electron chi connectivity index (χ3n) is 2.97. The van der Waals surface area contributed by atoms with Gasteiger partial charge >= 0.3 is 0 Å². The van der Waals surface area contributed by atoms with E-state index < -0.39 is 0 Å². The molecule has 0 aromatic carbocycles. The van der Waals surface area contributed by atoms with Crippen molar-refractivity contribution in [1.82, 2.24) is 5.32 Å². The maximum Gasteiger partial charge on any atom is 0.246 e. The fraction of sp³-hybridized carbons (Fsp3) is 0.727. The van der Waals surface area contributed by atoms with Gasteiger partial charge in [-0.15, -0.1) is 0 Å². The molecule has 1 amide bonds. The van der Waals surface area contributed by atoms with Gasteiger partial charge in [0.05, 0.1) is 0 Å². The van der Waals surface area contributed by atoms with Crippen LogP contribution in [0.2, 0.25) is 0 Å². The predicted octanol–water partition coefficient (Wildman–Crippen LogP) is 2.26. The van der Waals surface area contributed by atoms with E-state index in [4.69, 9.17) is 0 Å². The molecule has 0 bridgehead atoms. The van der Waals surface area contributed by atoms with Gasteiger partial charge in [0.2, 0.25) is 5.91 Å². The number of rotatable bonds is 2. The number of allylic oxidation sites excluding steroid dienone is 1. The summed E-state index contributed by atoms with van der Waals surface area (Å²) in [6, 6.07) is 0.405. The Kier molecular flexibility index (Phi) is 3.52. The molecule has 2 heteroatoms. The third kappa shape index (κ3) is 2.58. The number of hydrogen-bond acceptors (Lipinski definition) is 1. The second-order valence-electron chi connectivity index (χ2n) is 3.96. The minimum absolute atomic E-state index is 0.0984. The minimum Gasteiger partial charge on any atom is -0.349 e. The molecule has 2 nitrogen and oxygen atoms in total. The van der Waals surface area contributed by atoms with Gasteiger partial charge in [-0.25, -0.2) is 0 Å². The summed E-state index contributed by atoms with van der Waals surface area (Å²) in [6.45, 7) is 5.96. The molecule has 1 saturated carbocycles. The molecule has 74 valence electrons. The summed E-state index contributed by atoms with van der Waals surface area (Å²) >= 11 is 0. The van der Waals surface area contributed by atoms with Crippen molar-refractivity contribution in [3.8, 4) is 0 Å².